The number of ether oxygens (including phenoxy) is 1. The zero-order valence-corrected chi connectivity index (χ0v) is 13.9. The van der Waals surface area contributed by atoms with E-state index < -0.39 is 42.0 Å². The van der Waals surface area contributed by atoms with Gasteiger partial charge in [-0.15, -0.1) is 0 Å². The smallest absolute Gasteiger partial charge is 0.460 e. The summed E-state index contributed by atoms with van der Waals surface area (Å²) in [5, 5.41) is 0. The molecule has 0 radical (unpaired) electrons. The molecule has 0 aromatic heterocycles. The minimum absolute atomic E-state index is 0.359. The molecular formula is C12H8F16O2. The summed E-state index contributed by atoms with van der Waals surface area (Å²) >= 11 is 0. The van der Waals surface area contributed by atoms with Gasteiger partial charge in [0.05, 0.1) is 6.61 Å². The number of alkyl halides is 16. The van der Waals surface area contributed by atoms with Gasteiger partial charge in [0.15, 0.2) is 0 Å². The summed E-state index contributed by atoms with van der Waals surface area (Å²) in [5.74, 6) is -41.6. The highest BCUT2D eigenvalue weighted by Crippen LogP contribution is 2.62. The summed E-state index contributed by atoms with van der Waals surface area (Å²) in [4.78, 5) is 10.1. The minimum atomic E-state index is -8.43. The van der Waals surface area contributed by atoms with Crippen LogP contribution >= 0.6 is 0 Å². The molecule has 0 amide bonds. The van der Waals surface area contributed by atoms with Crippen molar-refractivity contribution in [2.75, 3.05) is 6.61 Å². The Morgan fingerprint density at radius 2 is 0.867 bits per heavy atom. The Balaban J connectivity index is 0. The van der Waals surface area contributed by atoms with Gasteiger partial charge in [0.25, 0.3) is 0 Å². The molecule has 0 spiro atoms. The fraction of sp³-hybridized carbons (Fsp3) is 0.750. The maximum atomic E-state index is 12.6. The second-order valence-corrected chi connectivity index (χ2v) is 4.82. The van der Waals surface area contributed by atoms with E-state index >= 15 is 0 Å². The summed E-state index contributed by atoms with van der Waals surface area (Å²) in [6.45, 7) is 5.38. The Hall–Kier alpha value is -1.91. The lowest BCUT2D eigenvalue weighted by atomic mass is 9.94. The van der Waals surface area contributed by atoms with Crippen molar-refractivity contribution in [2.45, 2.75) is 48.9 Å². The molecule has 0 saturated heterocycles. The number of rotatable bonds is 6. The van der Waals surface area contributed by atoms with Gasteiger partial charge in [-0.3, -0.25) is 0 Å². The monoisotopic (exact) mass is 488 g/mol. The molecule has 0 atom stereocenters. The number of carbonyl (C=O) groups excluding carboxylic acids is 1. The highest BCUT2D eigenvalue weighted by molar-refractivity contribution is 5.81. The third-order valence-corrected chi connectivity index (χ3v) is 2.74. The van der Waals surface area contributed by atoms with Crippen LogP contribution in [0.25, 0.3) is 0 Å². The summed E-state index contributed by atoms with van der Waals surface area (Å²) in [6.07, 6.45) is -14.2. The number of halogens is 16. The van der Waals surface area contributed by atoms with Gasteiger partial charge < -0.3 is 4.74 Å². The summed E-state index contributed by atoms with van der Waals surface area (Å²) in [6, 6.07) is 0. The summed E-state index contributed by atoms with van der Waals surface area (Å²) in [7, 11) is 0. The first kappa shape index (κ1) is 30.3. The molecule has 0 aliphatic rings. The topological polar surface area (TPSA) is 26.3 Å². The van der Waals surface area contributed by atoms with Crippen molar-refractivity contribution in [1.29, 1.82) is 0 Å². The van der Waals surface area contributed by atoms with Gasteiger partial charge in [-0.2, -0.15) is 70.2 Å². The number of hydrogen-bond acceptors (Lipinski definition) is 2. The molecule has 0 fully saturated rings. The van der Waals surface area contributed by atoms with Gasteiger partial charge in [0, 0.05) is 6.08 Å². The Labute approximate surface area is 155 Å². The maximum Gasteiger partial charge on any atom is 0.460 e. The van der Waals surface area contributed by atoms with Crippen LogP contribution in [0.3, 0.4) is 0 Å². The third-order valence-electron chi connectivity index (χ3n) is 2.74. The second kappa shape index (κ2) is 8.68. The Morgan fingerprint density at radius 1 is 0.633 bits per heavy atom. The van der Waals surface area contributed by atoms with Crippen LogP contribution in [0.15, 0.2) is 12.7 Å². The number of carbonyl (C=O) groups is 1. The van der Waals surface area contributed by atoms with Gasteiger partial charge >= 0.3 is 47.9 Å². The first-order valence-electron chi connectivity index (χ1n) is 6.62. The standard InChI is InChI=1S/C7F16.C5H8O2/c8-1(9,2(10,11)4(14,15)6(18,19)20)3(12,13)5(16,17)7(21,22)23;1-3-5(6)7-4-2/h;3H,1,4H2,2H3. The largest absolute Gasteiger partial charge is 0.463 e. The lowest BCUT2D eigenvalue weighted by molar-refractivity contribution is -0.461. The van der Waals surface area contributed by atoms with Crippen LogP contribution in [0.2, 0.25) is 0 Å². The van der Waals surface area contributed by atoms with E-state index in [0.29, 0.717) is 6.61 Å². The van der Waals surface area contributed by atoms with Crippen LogP contribution in [-0.4, -0.2) is 54.5 Å². The van der Waals surface area contributed by atoms with E-state index in [-0.39, 0.29) is 5.97 Å². The Bertz CT molecular complexity index is 560. The van der Waals surface area contributed by atoms with E-state index in [9.17, 15) is 75.0 Å². The van der Waals surface area contributed by atoms with Gasteiger partial charge in [-0.05, 0) is 6.92 Å². The van der Waals surface area contributed by atoms with Crippen LogP contribution in [0, 0.1) is 0 Å². The van der Waals surface area contributed by atoms with E-state index in [4.69, 9.17) is 0 Å². The van der Waals surface area contributed by atoms with Crippen LogP contribution in [-0.2, 0) is 9.53 Å². The van der Waals surface area contributed by atoms with E-state index in [0.717, 1.165) is 6.08 Å². The van der Waals surface area contributed by atoms with Crippen molar-refractivity contribution in [3.63, 3.8) is 0 Å². The molecule has 0 bridgehead atoms. The molecule has 0 heterocycles. The van der Waals surface area contributed by atoms with Gasteiger partial charge in [0.2, 0.25) is 0 Å². The van der Waals surface area contributed by atoms with Crippen molar-refractivity contribution < 1.29 is 79.8 Å². The summed E-state index contributed by atoms with van der Waals surface area (Å²) < 4.78 is 198. The van der Waals surface area contributed by atoms with E-state index in [2.05, 4.69) is 11.3 Å². The highest BCUT2D eigenvalue weighted by atomic mass is 19.4. The van der Waals surface area contributed by atoms with E-state index in [1.165, 1.54) is 0 Å². The van der Waals surface area contributed by atoms with Gasteiger partial charge in [-0.1, -0.05) is 6.58 Å². The second-order valence-electron chi connectivity index (χ2n) is 4.82. The molecule has 0 saturated carbocycles. The SMILES string of the molecule is C=CC(=O)OCC.FC(F)(F)C(F)(F)C(F)(F)C(F)(F)C(F)(F)C(F)(F)C(F)(F)F. The zero-order valence-electron chi connectivity index (χ0n) is 13.9. The molecule has 0 unspecified atom stereocenters. The maximum absolute atomic E-state index is 12.6. The van der Waals surface area contributed by atoms with Crippen LogP contribution < -0.4 is 0 Å². The molecule has 0 aliphatic carbocycles. The lowest BCUT2D eigenvalue weighted by Gasteiger charge is -2.39. The number of hydrogen-bond donors (Lipinski definition) is 0. The van der Waals surface area contributed by atoms with Gasteiger partial charge in [0.1, 0.15) is 0 Å². The molecule has 0 aromatic carbocycles. The highest BCUT2D eigenvalue weighted by Gasteiger charge is 2.93. The van der Waals surface area contributed by atoms with Crippen LogP contribution in [0.5, 0.6) is 0 Å². The summed E-state index contributed by atoms with van der Waals surface area (Å²) in [5.41, 5.74) is 0. The Kier molecular flexibility index (Phi) is 8.76. The normalized spacial score (nSPS) is 14.6. The van der Waals surface area contributed by atoms with Crippen LogP contribution in [0.4, 0.5) is 70.2 Å². The average Bonchev–Trinajstić information content (AvgIpc) is 2.52. The van der Waals surface area contributed by atoms with E-state index in [1.807, 2.05) is 0 Å². The van der Waals surface area contributed by atoms with Crippen molar-refractivity contribution in [3.05, 3.63) is 12.7 Å². The van der Waals surface area contributed by atoms with Gasteiger partial charge in [-0.25, -0.2) is 4.79 Å². The zero-order chi connectivity index (χ0) is 25.2. The molecular weight excluding hydrogens is 480 g/mol. The molecule has 2 nitrogen and oxygen atoms in total. The molecule has 30 heavy (non-hydrogen) atoms. The molecule has 0 rings (SSSR count). The molecule has 18 heteroatoms. The number of esters is 1. The molecule has 0 aliphatic heterocycles. The third kappa shape index (κ3) is 5.04. The average molecular weight is 488 g/mol. The molecule has 0 N–H and O–H groups in total. The molecule has 0 aromatic rings. The van der Waals surface area contributed by atoms with Crippen LogP contribution in [0.1, 0.15) is 6.92 Å². The van der Waals surface area contributed by atoms with E-state index in [1.54, 1.807) is 6.92 Å². The van der Waals surface area contributed by atoms with Crippen molar-refractivity contribution in [3.8, 4) is 0 Å². The predicted molar refractivity (Wildman–Crippen MR) is 63.7 cm³/mol. The first-order chi connectivity index (χ1) is 12.8. The lowest BCUT2D eigenvalue weighted by Crippen LogP contribution is -2.72. The predicted octanol–water partition coefficient (Wildman–Crippen LogP) is 6.02. The fourth-order valence-corrected chi connectivity index (χ4v) is 1.15. The fourth-order valence-electron chi connectivity index (χ4n) is 1.15. The minimum Gasteiger partial charge on any atom is -0.463 e. The van der Waals surface area contributed by atoms with Crippen molar-refractivity contribution >= 4 is 5.97 Å². The Morgan fingerprint density at radius 3 is 1.00 bits per heavy atom. The van der Waals surface area contributed by atoms with Crippen molar-refractivity contribution in [2.24, 2.45) is 0 Å². The quantitative estimate of drug-likeness (QED) is 0.260. The van der Waals surface area contributed by atoms with Crippen molar-refractivity contribution in [1.82, 2.24) is 0 Å². The first-order valence-corrected chi connectivity index (χ1v) is 6.62. The molecule has 180 valence electrons.